The van der Waals surface area contributed by atoms with Crippen molar-refractivity contribution in [2.75, 3.05) is 5.32 Å². The summed E-state index contributed by atoms with van der Waals surface area (Å²) in [4.78, 5) is 36.1. The van der Waals surface area contributed by atoms with Crippen LogP contribution in [-0.4, -0.2) is 32.5 Å². The first-order valence-corrected chi connectivity index (χ1v) is 14.6. The minimum absolute atomic E-state index is 0.0134. The monoisotopic (exact) mass is 574 g/mol. The summed E-state index contributed by atoms with van der Waals surface area (Å²) in [5.41, 5.74) is 0.738. The molecule has 1 saturated carbocycles. The molecule has 1 aromatic heterocycles. The lowest BCUT2D eigenvalue weighted by atomic mass is 9.52. The van der Waals surface area contributed by atoms with Crippen LogP contribution in [0, 0.1) is 12.8 Å². The van der Waals surface area contributed by atoms with Gasteiger partial charge in [0.2, 0.25) is 0 Å². The first kappa shape index (κ1) is 28.5. The van der Waals surface area contributed by atoms with Gasteiger partial charge < -0.3 is 15.1 Å². The number of nitrogens with zero attached hydrogens (tertiary/aromatic N) is 1. The van der Waals surface area contributed by atoms with E-state index in [2.05, 4.69) is 14.8 Å². The van der Waals surface area contributed by atoms with Gasteiger partial charge in [0.15, 0.2) is 5.60 Å². The third kappa shape index (κ3) is 5.46. The molecule has 0 aliphatic heterocycles. The number of pyridine rings is 1. The molecule has 2 aliphatic carbocycles. The maximum atomic E-state index is 14.4. The van der Waals surface area contributed by atoms with Crippen LogP contribution in [0.1, 0.15) is 58.4 Å². The second-order valence-electron chi connectivity index (χ2n) is 10.8. The van der Waals surface area contributed by atoms with Gasteiger partial charge in [0, 0.05) is 17.2 Å². The van der Waals surface area contributed by atoms with Crippen LogP contribution in [0.2, 0.25) is 0 Å². The smallest absolute Gasteiger partial charge is 0.320 e. The van der Waals surface area contributed by atoms with Crippen molar-refractivity contribution in [3.05, 3.63) is 94.8 Å². The van der Waals surface area contributed by atoms with Crippen LogP contribution in [-0.2, 0) is 27.3 Å². The predicted molar refractivity (Wildman–Crippen MR) is 143 cm³/mol. The van der Waals surface area contributed by atoms with Gasteiger partial charge in [-0.1, -0.05) is 36.4 Å². The molecule has 2 aromatic carbocycles. The van der Waals surface area contributed by atoms with E-state index in [0.717, 1.165) is 16.7 Å². The van der Waals surface area contributed by atoms with Gasteiger partial charge in [-0.3, -0.25) is 14.3 Å². The van der Waals surface area contributed by atoms with E-state index in [1.807, 2.05) is 36.4 Å². The van der Waals surface area contributed by atoms with Crippen molar-refractivity contribution in [3.8, 4) is 0 Å². The Morgan fingerprint density at radius 1 is 1.12 bits per heavy atom. The summed E-state index contributed by atoms with van der Waals surface area (Å²) in [5.74, 6) is -0.868. The van der Waals surface area contributed by atoms with Crippen molar-refractivity contribution < 1.29 is 36.8 Å². The molecule has 0 spiro atoms. The number of hydrogen-bond donors (Lipinski definition) is 3. The van der Waals surface area contributed by atoms with Crippen LogP contribution in [0.15, 0.2) is 66.9 Å². The second kappa shape index (κ2) is 10.4. The molecule has 0 saturated heterocycles. The minimum Gasteiger partial charge on any atom is -0.320 e. The Hall–Kier alpha value is -3.04. The Balaban J connectivity index is 1.53. The number of aryl methyl sites for hydroxylation is 2. The standard InChI is InChI=1S/C29H30F3N2O5P/c1-19-25(8-5-15-33-19)34-26(35)22-10-12-24-21(16-22)9-11-23-18-28(29(30,31)32,39-40(36,37)38)14-13-27(23,24)17-20-6-3-2-4-7-20/h2-8,10,12,15-16,23H,9,11,13-14,17-18H2,1H3,(H,34,35)(H2,36,37,38)/t23-,27?,28-/m1/s1. The van der Waals surface area contributed by atoms with Gasteiger partial charge in [0.05, 0.1) is 11.4 Å². The van der Waals surface area contributed by atoms with Crippen LogP contribution < -0.4 is 5.32 Å². The zero-order chi connectivity index (χ0) is 28.8. The molecule has 1 heterocycles. The third-order valence-electron chi connectivity index (χ3n) is 8.43. The van der Waals surface area contributed by atoms with Gasteiger partial charge in [-0.2, -0.15) is 13.2 Å². The van der Waals surface area contributed by atoms with E-state index in [-0.39, 0.29) is 12.3 Å². The molecule has 0 bridgehead atoms. The van der Waals surface area contributed by atoms with Gasteiger partial charge in [0.1, 0.15) is 0 Å². The Morgan fingerprint density at radius 2 is 1.88 bits per heavy atom. The van der Waals surface area contributed by atoms with Crippen LogP contribution in [0.4, 0.5) is 18.9 Å². The second-order valence-corrected chi connectivity index (χ2v) is 12.0. The number of hydrogen-bond acceptors (Lipinski definition) is 4. The number of rotatable bonds is 6. The maximum Gasteiger partial charge on any atom is 0.470 e. The quantitative estimate of drug-likeness (QED) is 0.299. The first-order chi connectivity index (χ1) is 18.8. The third-order valence-corrected chi connectivity index (χ3v) is 9.01. The fourth-order valence-electron chi connectivity index (χ4n) is 6.53. The molecule has 1 amide bonds. The van der Waals surface area contributed by atoms with E-state index in [0.29, 0.717) is 36.2 Å². The van der Waals surface area contributed by atoms with Crippen LogP contribution in [0.25, 0.3) is 0 Å². The lowest BCUT2D eigenvalue weighted by molar-refractivity contribution is -0.272. The van der Waals surface area contributed by atoms with Crippen LogP contribution in [0.5, 0.6) is 0 Å². The highest BCUT2D eigenvalue weighted by Crippen LogP contribution is 2.61. The highest BCUT2D eigenvalue weighted by atomic mass is 31.2. The summed E-state index contributed by atoms with van der Waals surface area (Å²) < 4.78 is 59.3. The highest BCUT2D eigenvalue weighted by molar-refractivity contribution is 7.46. The SMILES string of the molecule is Cc1ncccc1NC(=O)c1ccc2c(c1)CC[C@@H]1C[C@@](OP(=O)(O)O)(C(F)(F)F)CCC21Cc1ccccc1. The summed E-state index contributed by atoms with van der Waals surface area (Å²) in [6, 6.07) is 18.3. The number of benzene rings is 2. The number of fused-ring (bicyclic) bond motifs is 3. The summed E-state index contributed by atoms with van der Waals surface area (Å²) in [6.45, 7) is 1.79. The number of amides is 1. The molecular formula is C29H30F3N2O5P. The average Bonchev–Trinajstić information content (AvgIpc) is 2.89. The van der Waals surface area contributed by atoms with Crippen LogP contribution >= 0.6 is 7.82 Å². The van der Waals surface area contributed by atoms with Crippen molar-refractivity contribution >= 4 is 19.4 Å². The topological polar surface area (TPSA) is 109 Å². The number of nitrogens with one attached hydrogen (secondary N) is 1. The molecule has 3 N–H and O–H groups in total. The van der Waals surface area contributed by atoms with E-state index in [4.69, 9.17) is 0 Å². The highest BCUT2D eigenvalue weighted by Gasteiger charge is 2.65. The van der Waals surface area contributed by atoms with E-state index in [9.17, 15) is 32.3 Å². The zero-order valence-electron chi connectivity index (χ0n) is 21.8. The van der Waals surface area contributed by atoms with Crippen molar-refractivity contribution in [2.45, 2.75) is 62.6 Å². The maximum absolute atomic E-state index is 14.4. The normalized spacial score (nSPS) is 24.6. The Kier molecular flexibility index (Phi) is 7.42. The number of phosphoric ester groups is 1. The number of carbonyl (C=O) groups excluding carboxylic acids is 1. The van der Waals surface area contributed by atoms with Crippen molar-refractivity contribution in [3.63, 3.8) is 0 Å². The largest absolute Gasteiger partial charge is 0.470 e. The number of aromatic nitrogens is 1. The summed E-state index contributed by atoms with van der Waals surface area (Å²) in [5, 5.41) is 2.87. The summed E-state index contributed by atoms with van der Waals surface area (Å²) >= 11 is 0. The fraction of sp³-hybridized carbons (Fsp3) is 0.379. The molecule has 0 radical (unpaired) electrons. The van der Waals surface area contributed by atoms with Gasteiger partial charge in [-0.05, 0) is 92.3 Å². The number of alkyl halides is 3. The van der Waals surface area contributed by atoms with Crippen molar-refractivity contribution in [2.24, 2.45) is 5.92 Å². The fourth-order valence-corrected chi connectivity index (χ4v) is 7.26. The average molecular weight is 575 g/mol. The molecule has 1 fully saturated rings. The van der Waals surface area contributed by atoms with Crippen molar-refractivity contribution in [1.82, 2.24) is 4.98 Å². The molecule has 3 atom stereocenters. The number of phosphoric acid groups is 1. The Bertz CT molecular complexity index is 1460. The van der Waals surface area contributed by atoms with E-state index in [1.54, 1.807) is 37.4 Å². The Labute approximate surface area is 230 Å². The molecule has 212 valence electrons. The Morgan fingerprint density at radius 3 is 2.55 bits per heavy atom. The molecule has 5 rings (SSSR count). The number of halogens is 3. The molecule has 40 heavy (non-hydrogen) atoms. The van der Waals surface area contributed by atoms with E-state index in [1.165, 1.54) is 0 Å². The summed E-state index contributed by atoms with van der Waals surface area (Å²) in [7, 11) is -5.42. The molecule has 2 aliphatic rings. The van der Waals surface area contributed by atoms with E-state index < -0.39 is 43.8 Å². The van der Waals surface area contributed by atoms with Gasteiger partial charge in [0.25, 0.3) is 5.91 Å². The molecular weight excluding hydrogens is 544 g/mol. The first-order valence-electron chi connectivity index (χ1n) is 13.1. The number of anilines is 1. The molecule has 1 unspecified atom stereocenters. The summed E-state index contributed by atoms with van der Waals surface area (Å²) in [6.07, 6.45) is -3.23. The molecule has 11 heteroatoms. The van der Waals surface area contributed by atoms with Gasteiger partial charge >= 0.3 is 14.0 Å². The van der Waals surface area contributed by atoms with Crippen LogP contribution in [0.3, 0.4) is 0 Å². The molecule has 3 aromatic rings. The lowest BCUT2D eigenvalue weighted by Gasteiger charge is -2.54. The van der Waals surface area contributed by atoms with Crippen molar-refractivity contribution in [1.29, 1.82) is 0 Å². The lowest BCUT2D eigenvalue weighted by Crippen LogP contribution is -2.57. The van der Waals surface area contributed by atoms with Gasteiger partial charge in [-0.25, -0.2) is 4.57 Å². The number of carbonyl (C=O) groups is 1. The minimum atomic E-state index is -5.42. The van der Waals surface area contributed by atoms with Gasteiger partial charge in [-0.15, -0.1) is 0 Å². The van der Waals surface area contributed by atoms with E-state index >= 15 is 0 Å². The predicted octanol–water partition coefficient (Wildman–Crippen LogP) is 6.28. The molecule has 7 nitrogen and oxygen atoms in total. The zero-order valence-corrected chi connectivity index (χ0v) is 22.7.